The molecule has 0 amide bonds. The molecule has 0 radical (unpaired) electrons. The Morgan fingerprint density at radius 2 is 2.09 bits per heavy atom. The van der Waals surface area contributed by atoms with E-state index in [0.29, 0.717) is 6.04 Å². The molecule has 2 rings (SSSR count). The van der Waals surface area contributed by atoms with Crippen molar-refractivity contribution >= 4 is 5.96 Å². The van der Waals surface area contributed by atoms with E-state index in [1.807, 2.05) is 7.05 Å². The highest BCUT2D eigenvalue weighted by molar-refractivity contribution is 5.79. The molecule has 1 unspecified atom stereocenters. The van der Waals surface area contributed by atoms with Crippen molar-refractivity contribution in [3.8, 4) is 0 Å². The zero-order valence-corrected chi connectivity index (χ0v) is 14.3. The van der Waals surface area contributed by atoms with E-state index >= 15 is 0 Å². The fraction of sp³-hybridized carbons (Fsp3) is 0.611. The minimum atomic E-state index is 0.639. The normalized spacial score (nSPS) is 20.0. The van der Waals surface area contributed by atoms with Gasteiger partial charge >= 0.3 is 0 Å². The lowest BCUT2D eigenvalue weighted by atomic mass is 10.0. The standard InChI is InChI=1S/C18H30N4/c1-4-22-13-9-8-12-17(22)14-20-18(19-2)21(3)15-16-10-6-5-7-11-16/h5-7,10-11,17H,4,8-9,12-15H2,1-3H3,(H,19,20). The maximum atomic E-state index is 4.43. The van der Waals surface area contributed by atoms with Crippen molar-refractivity contribution in [2.45, 2.75) is 38.8 Å². The SMILES string of the molecule is CCN1CCCCC1CNC(=NC)N(C)Cc1ccccc1. The average molecular weight is 302 g/mol. The van der Waals surface area contributed by atoms with Gasteiger partial charge in [0.1, 0.15) is 0 Å². The van der Waals surface area contributed by atoms with Gasteiger partial charge in [0.2, 0.25) is 0 Å². The van der Waals surface area contributed by atoms with Crippen molar-refractivity contribution < 1.29 is 0 Å². The third kappa shape index (κ3) is 4.73. The number of rotatable bonds is 5. The molecule has 0 bridgehead atoms. The molecule has 122 valence electrons. The molecule has 1 fully saturated rings. The van der Waals surface area contributed by atoms with E-state index in [2.05, 4.69) is 64.4 Å². The first-order chi connectivity index (χ1) is 10.7. The molecule has 1 N–H and O–H groups in total. The van der Waals surface area contributed by atoms with Gasteiger partial charge in [0.05, 0.1) is 0 Å². The van der Waals surface area contributed by atoms with Gasteiger partial charge in [0.15, 0.2) is 5.96 Å². The third-order valence-electron chi connectivity index (χ3n) is 4.49. The van der Waals surface area contributed by atoms with E-state index < -0.39 is 0 Å². The summed E-state index contributed by atoms with van der Waals surface area (Å²) >= 11 is 0. The van der Waals surface area contributed by atoms with Crippen molar-refractivity contribution in [2.24, 2.45) is 4.99 Å². The minimum Gasteiger partial charge on any atom is -0.355 e. The number of hydrogen-bond acceptors (Lipinski definition) is 2. The molecule has 1 aromatic carbocycles. The molecule has 0 aromatic heterocycles. The zero-order chi connectivity index (χ0) is 15.8. The summed E-state index contributed by atoms with van der Waals surface area (Å²) in [5, 5.41) is 3.56. The van der Waals surface area contributed by atoms with Gasteiger partial charge < -0.3 is 10.2 Å². The summed E-state index contributed by atoms with van der Waals surface area (Å²) in [7, 11) is 3.96. The van der Waals surface area contributed by atoms with Crippen LogP contribution in [0.1, 0.15) is 31.7 Å². The second-order valence-electron chi connectivity index (χ2n) is 6.05. The Balaban J connectivity index is 1.86. The van der Waals surface area contributed by atoms with Crippen molar-refractivity contribution in [3.63, 3.8) is 0 Å². The van der Waals surface area contributed by atoms with Crippen LogP contribution in [0.15, 0.2) is 35.3 Å². The Hall–Kier alpha value is -1.55. The summed E-state index contributed by atoms with van der Waals surface area (Å²) in [5.74, 6) is 0.977. The molecule has 1 atom stereocenters. The second-order valence-corrected chi connectivity index (χ2v) is 6.05. The third-order valence-corrected chi connectivity index (χ3v) is 4.49. The van der Waals surface area contributed by atoms with Crippen LogP contribution in [0.3, 0.4) is 0 Å². The molecular weight excluding hydrogens is 272 g/mol. The largest absolute Gasteiger partial charge is 0.355 e. The molecule has 0 aliphatic carbocycles. The minimum absolute atomic E-state index is 0.639. The van der Waals surface area contributed by atoms with Crippen molar-refractivity contribution in [1.82, 2.24) is 15.1 Å². The number of benzene rings is 1. The molecule has 0 spiro atoms. The number of nitrogens with zero attached hydrogens (tertiary/aromatic N) is 3. The molecule has 1 aliphatic heterocycles. The Bertz CT molecular complexity index is 457. The van der Waals surface area contributed by atoms with Gasteiger partial charge in [-0.05, 0) is 31.5 Å². The van der Waals surface area contributed by atoms with E-state index in [-0.39, 0.29) is 0 Å². The predicted octanol–water partition coefficient (Wildman–Crippen LogP) is 2.57. The van der Waals surface area contributed by atoms with Crippen LogP contribution in [-0.4, -0.2) is 55.5 Å². The zero-order valence-electron chi connectivity index (χ0n) is 14.3. The lowest BCUT2D eigenvalue weighted by Crippen LogP contribution is -2.49. The molecule has 4 heteroatoms. The summed E-state index contributed by atoms with van der Waals surface area (Å²) in [6.07, 6.45) is 3.98. The highest BCUT2D eigenvalue weighted by Crippen LogP contribution is 2.15. The molecule has 1 aliphatic rings. The number of hydrogen-bond donors (Lipinski definition) is 1. The average Bonchev–Trinajstić information content (AvgIpc) is 2.56. The highest BCUT2D eigenvalue weighted by atomic mass is 15.3. The quantitative estimate of drug-likeness (QED) is 0.670. The van der Waals surface area contributed by atoms with Gasteiger partial charge in [-0.2, -0.15) is 0 Å². The van der Waals surface area contributed by atoms with Crippen LogP contribution in [-0.2, 0) is 6.54 Å². The maximum Gasteiger partial charge on any atom is 0.193 e. The Morgan fingerprint density at radius 1 is 1.32 bits per heavy atom. The Kier molecular flexibility index (Phi) is 6.72. The van der Waals surface area contributed by atoms with Gasteiger partial charge in [0.25, 0.3) is 0 Å². The summed E-state index contributed by atoms with van der Waals surface area (Å²) in [6.45, 7) is 6.50. The van der Waals surface area contributed by atoms with E-state index in [1.54, 1.807) is 0 Å². The van der Waals surface area contributed by atoms with Crippen LogP contribution >= 0.6 is 0 Å². The molecule has 22 heavy (non-hydrogen) atoms. The van der Waals surface area contributed by atoms with Crippen molar-refractivity contribution in [3.05, 3.63) is 35.9 Å². The topological polar surface area (TPSA) is 30.9 Å². The van der Waals surface area contributed by atoms with Crippen LogP contribution < -0.4 is 5.32 Å². The van der Waals surface area contributed by atoms with Gasteiger partial charge in [0, 0.05) is 33.2 Å². The molecule has 0 saturated carbocycles. The number of nitrogens with one attached hydrogen (secondary N) is 1. The van der Waals surface area contributed by atoms with Crippen LogP contribution in [0.25, 0.3) is 0 Å². The summed E-state index contributed by atoms with van der Waals surface area (Å²) in [6, 6.07) is 11.2. The first-order valence-corrected chi connectivity index (χ1v) is 8.44. The lowest BCUT2D eigenvalue weighted by Gasteiger charge is -2.35. The summed E-state index contributed by atoms with van der Waals surface area (Å²) in [4.78, 5) is 9.21. The first-order valence-electron chi connectivity index (χ1n) is 8.44. The molecule has 1 heterocycles. The fourth-order valence-electron chi connectivity index (χ4n) is 3.23. The second kappa shape index (κ2) is 8.79. The van der Waals surface area contributed by atoms with Crippen LogP contribution in [0, 0.1) is 0 Å². The Labute approximate surface area is 135 Å². The molecule has 4 nitrogen and oxygen atoms in total. The van der Waals surface area contributed by atoms with Crippen LogP contribution in [0.5, 0.6) is 0 Å². The molecule has 1 saturated heterocycles. The number of piperidine rings is 1. The lowest BCUT2D eigenvalue weighted by molar-refractivity contribution is 0.156. The monoisotopic (exact) mass is 302 g/mol. The smallest absolute Gasteiger partial charge is 0.193 e. The van der Waals surface area contributed by atoms with E-state index in [0.717, 1.165) is 25.6 Å². The van der Waals surface area contributed by atoms with Gasteiger partial charge in [-0.15, -0.1) is 0 Å². The summed E-state index contributed by atoms with van der Waals surface area (Å²) in [5.41, 5.74) is 1.31. The van der Waals surface area contributed by atoms with Crippen molar-refractivity contribution in [1.29, 1.82) is 0 Å². The Morgan fingerprint density at radius 3 is 2.77 bits per heavy atom. The van der Waals surface area contributed by atoms with Gasteiger partial charge in [-0.25, -0.2) is 0 Å². The predicted molar refractivity (Wildman–Crippen MR) is 94.2 cm³/mol. The molecule has 1 aromatic rings. The highest BCUT2D eigenvalue weighted by Gasteiger charge is 2.21. The van der Waals surface area contributed by atoms with E-state index in [4.69, 9.17) is 0 Å². The van der Waals surface area contributed by atoms with Gasteiger partial charge in [-0.3, -0.25) is 9.89 Å². The number of guanidine groups is 1. The maximum absolute atomic E-state index is 4.43. The van der Waals surface area contributed by atoms with E-state index in [9.17, 15) is 0 Å². The molecular formula is C18H30N4. The van der Waals surface area contributed by atoms with Crippen LogP contribution in [0.2, 0.25) is 0 Å². The van der Waals surface area contributed by atoms with E-state index in [1.165, 1.54) is 31.4 Å². The summed E-state index contributed by atoms with van der Waals surface area (Å²) < 4.78 is 0. The van der Waals surface area contributed by atoms with Crippen molar-refractivity contribution in [2.75, 3.05) is 33.7 Å². The van der Waals surface area contributed by atoms with Crippen LogP contribution in [0.4, 0.5) is 0 Å². The first kappa shape index (κ1) is 16.8. The number of likely N-dealkylation sites (tertiary alicyclic amines) is 1. The number of likely N-dealkylation sites (N-methyl/N-ethyl adjacent to an activating group) is 1. The number of aliphatic imine (C=N–C) groups is 1. The van der Waals surface area contributed by atoms with Gasteiger partial charge in [-0.1, -0.05) is 43.7 Å². The fourth-order valence-corrected chi connectivity index (χ4v) is 3.23.